The van der Waals surface area contributed by atoms with Crippen LogP contribution < -0.4 is 5.32 Å². The van der Waals surface area contributed by atoms with Crippen molar-refractivity contribution in [2.75, 3.05) is 31.6 Å². The Morgan fingerprint density at radius 2 is 1.74 bits per heavy atom. The molecule has 2 amide bonds. The van der Waals surface area contributed by atoms with Gasteiger partial charge in [0.25, 0.3) is 5.91 Å². The second kappa shape index (κ2) is 9.06. The van der Waals surface area contributed by atoms with Gasteiger partial charge in [-0.2, -0.15) is 0 Å². The lowest BCUT2D eigenvalue weighted by atomic mass is 10.1. The minimum atomic E-state index is -0.278. The number of ether oxygens (including phenoxy) is 1. The number of hydrogen-bond donors (Lipinski definition) is 1. The lowest BCUT2D eigenvalue weighted by molar-refractivity contribution is -0.115. The molecule has 0 radical (unpaired) electrons. The standard InChI is InChI=1S/C21H24N2O3S/c1-15-7-9-17(10-8-15)27-16(2)20(24)22-19-6-4-3-5-18(19)21(25)23-11-13-26-14-12-23/h3-10,16H,11-14H2,1-2H3,(H,22,24)/t16-/m1/s1. The fourth-order valence-electron chi connectivity index (χ4n) is 2.82. The van der Waals surface area contributed by atoms with Crippen LogP contribution in [0.2, 0.25) is 0 Å². The van der Waals surface area contributed by atoms with E-state index in [1.54, 1.807) is 17.0 Å². The number of benzene rings is 2. The zero-order valence-electron chi connectivity index (χ0n) is 15.6. The molecule has 0 aliphatic carbocycles. The summed E-state index contributed by atoms with van der Waals surface area (Å²) in [4.78, 5) is 28.3. The number of aryl methyl sites for hydroxylation is 1. The Labute approximate surface area is 164 Å². The van der Waals surface area contributed by atoms with Gasteiger partial charge in [-0.15, -0.1) is 11.8 Å². The molecule has 1 heterocycles. The van der Waals surface area contributed by atoms with E-state index in [-0.39, 0.29) is 17.1 Å². The van der Waals surface area contributed by atoms with Gasteiger partial charge in [-0.3, -0.25) is 9.59 Å². The topological polar surface area (TPSA) is 58.6 Å². The van der Waals surface area contributed by atoms with Gasteiger partial charge in [0.1, 0.15) is 0 Å². The smallest absolute Gasteiger partial charge is 0.256 e. The number of anilines is 1. The number of thioether (sulfide) groups is 1. The van der Waals surface area contributed by atoms with E-state index in [0.29, 0.717) is 37.6 Å². The molecule has 5 nitrogen and oxygen atoms in total. The van der Waals surface area contributed by atoms with E-state index in [9.17, 15) is 9.59 Å². The van der Waals surface area contributed by atoms with Crippen LogP contribution in [0.15, 0.2) is 53.4 Å². The first kappa shape index (κ1) is 19.5. The molecule has 0 bridgehead atoms. The molecule has 27 heavy (non-hydrogen) atoms. The molecule has 1 aliphatic heterocycles. The third-order valence-corrected chi connectivity index (χ3v) is 5.53. The number of carbonyl (C=O) groups is 2. The molecule has 2 aromatic carbocycles. The normalized spacial score (nSPS) is 15.3. The fraction of sp³-hybridized carbons (Fsp3) is 0.333. The first-order chi connectivity index (χ1) is 13.0. The summed E-state index contributed by atoms with van der Waals surface area (Å²) in [6, 6.07) is 15.3. The monoisotopic (exact) mass is 384 g/mol. The molecule has 1 atom stereocenters. The summed E-state index contributed by atoms with van der Waals surface area (Å²) in [5.41, 5.74) is 2.25. The molecule has 2 aromatic rings. The van der Waals surface area contributed by atoms with Crippen LogP contribution in [0.3, 0.4) is 0 Å². The number of nitrogens with one attached hydrogen (secondary N) is 1. The maximum Gasteiger partial charge on any atom is 0.256 e. The van der Waals surface area contributed by atoms with Crippen molar-refractivity contribution in [1.82, 2.24) is 4.90 Å². The summed E-state index contributed by atoms with van der Waals surface area (Å²) in [5.74, 6) is -0.198. The Hall–Kier alpha value is -2.31. The van der Waals surface area contributed by atoms with Crippen LogP contribution in [0.25, 0.3) is 0 Å². The summed E-state index contributed by atoms with van der Waals surface area (Å²) in [6.07, 6.45) is 0. The van der Waals surface area contributed by atoms with Crippen LogP contribution in [0, 0.1) is 6.92 Å². The highest BCUT2D eigenvalue weighted by molar-refractivity contribution is 8.00. The second-order valence-electron chi connectivity index (χ2n) is 6.51. The highest BCUT2D eigenvalue weighted by Gasteiger charge is 2.22. The number of amides is 2. The molecule has 0 spiro atoms. The van der Waals surface area contributed by atoms with Crippen molar-refractivity contribution < 1.29 is 14.3 Å². The van der Waals surface area contributed by atoms with Crippen molar-refractivity contribution in [2.24, 2.45) is 0 Å². The molecule has 6 heteroatoms. The number of morpholine rings is 1. The summed E-state index contributed by atoms with van der Waals surface area (Å²) in [5, 5.41) is 2.64. The minimum Gasteiger partial charge on any atom is -0.378 e. The molecule has 3 rings (SSSR count). The van der Waals surface area contributed by atoms with Crippen LogP contribution in [0.1, 0.15) is 22.8 Å². The zero-order valence-corrected chi connectivity index (χ0v) is 16.4. The second-order valence-corrected chi connectivity index (χ2v) is 7.93. The van der Waals surface area contributed by atoms with Gasteiger partial charge in [0.15, 0.2) is 0 Å². The SMILES string of the molecule is Cc1ccc(S[C@H](C)C(=O)Nc2ccccc2C(=O)N2CCOCC2)cc1. The van der Waals surface area contributed by atoms with Crippen LogP contribution in [0.5, 0.6) is 0 Å². The minimum absolute atomic E-state index is 0.0759. The van der Waals surface area contributed by atoms with Crippen LogP contribution in [-0.2, 0) is 9.53 Å². The van der Waals surface area contributed by atoms with Gasteiger partial charge in [-0.1, -0.05) is 29.8 Å². The number of nitrogens with zero attached hydrogens (tertiary/aromatic N) is 1. The van der Waals surface area contributed by atoms with E-state index >= 15 is 0 Å². The maximum absolute atomic E-state index is 12.8. The Kier molecular flexibility index (Phi) is 6.53. The van der Waals surface area contributed by atoms with Crippen molar-refractivity contribution in [3.8, 4) is 0 Å². The van der Waals surface area contributed by atoms with E-state index in [1.807, 2.05) is 50.2 Å². The summed E-state index contributed by atoms with van der Waals surface area (Å²) in [6.45, 7) is 6.13. The van der Waals surface area contributed by atoms with Gasteiger partial charge in [0.2, 0.25) is 5.91 Å². The van der Waals surface area contributed by atoms with Crippen molar-refractivity contribution in [2.45, 2.75) is 24.0 Å². The Morgan fingerprint density at radius 3 is 2.44 bits per heavy atom. The molecule has 0 aromatic heterocycles. The molecule has 0 saturated carbocycles. The Morgan fingerprint density at radius 1 is 1.07 bits per heavy atom. The lowest BCUT2D eigenvalue weighted by Gasteiger charge is -2.27. The van der Waals surface area contributed by atoms with E-state index in [0.717, 1.165) is 4.90 Å². The molecular formula is C21H24N2O3S. The number of para-hydroxylation sites is 1. The predicted octanol–water partition coefficient (Wildman–Crippen LogP) is 3.59. The number of hydrogen-bond acceptors (Lipinski definition) is 4. The molecule has 1 saturated heterocycles. The maximum atomic E-state index is 12.8. The molecule has 1 aliphatic rings. The largest absolute Gasteiger partial charge is 0.378 e. The quantitative estimate of drug-likeness (QED) is 0.801. The highest BCUT2D eigenvalue weighted by Crippen LogP contribution is 2.25. The molecule has 0 unspecified atom stereocenters. The van der Waals surface area contributed by atoms with Gasteiger partial charge >= 0.3 is 0 Å². The zero-order chi connectivity index (χ0) is 19.2. The summed E-state index contributed by atoms with van der Waals surface area (Å²) in [7, 11) is 0. The van der Waals surface area contributed by atoms with Gasteiger partial charge in [-0.05, 0) is 38.1 Å². The van der Waals surface area contributed by atoms with Crippen molar-refractivity contribution in [1.29, 1.82) is 0 Å². The molecule has 1 fully saturated rings. The Balaban J connectivity index is 1.68. The average Bonchev–Trinajstić information content (AvgIpc) is 2.70. The molecule has 142 valence electrons. The highest BCUT2D eigenvalue weighted by atomic mass is 32.2. The first-order valence-electron chi connectivity index (χ1n) is 9.05. The fourth-order valence-corrected chi connectivity index (χ4v) is 3.69. The van der Waals surface area contributed by atoms with E-state index in [2.05, 4.69) is 5.32 Å². The number of rotatable bonds is 5. The predicted molar refractivity (Wildman–Crippen MR) is 108 cm³/mol. The van der Waals surface area contributed by atoms with E-state index in [1.165, 1.54) is 17.3 Å². The Bertz CT molecular complexity index is 801. The first-order valence-corrected chi connectivity index (χ1v) is 9.93. The third-order valence-electron chi connectivity index (χ3n) is 4.42. The van der Waals surface area contributed by atoms with Gasteiger partial charge in [0, 0.05) is 18.0 Å². The van der Waals surface area contributed by atoms with Crippen molar-refractivity contribution >= 4 is 29.3 Å². The van der Waals surface area contributed by atoms with Crippen LogP contribution >= 0.6 is 11.8 Å². The van der Waals surface area contributed by atoms with Gasteiger partial charge < -0.3 is 15.0 Å². The van der Waals surface area contributed by atoms with Gasteiger partial charge in [-0.25, -0.2) is 0 Å². The van der Waals surface area contributed by atoms with Crippen LogP contribution in [-0.4, -0.2) is 48.3 Å². The average molecular weight is 385 g/mol. The van der Waals surface area contributed by atoms with E-state index in [4.69, 9.17) is 4.74 Å². The van der Waals surface area contributed by atoms with Crippen LogP contribution in [0.4, 0.5) is 5.69 Å². The molecular weight excluding hydrogens is 360 g/mol. The van der Waals surface area contributed by atoms with Crippen molar-refractivity contribution in [3.05, 3.63) is 59.7 Å². The molecule has 1 N–H and O–H groups in total. The lowest BCUT2D eigenvalue weighted by Crippen LogP contribution is -2.41. The van der Waals surface area contributed by atoms with E-state index < -0.39 is 0 Å². The van der Waals surface area contributed by atoms with Gasteiger partial charge in [0.05, 0.1) is 29.7 Å². The van der Waals surface area contributed by atoms with Crippen molar-refractivity contribution in [3.63, 3.8) is 0 Å². The third kappa shape index (κ3) is 5.11. The summed E-state index contributed by atoms with van der Waals surface area (Å²) < 4.78 is 5.31. The number of carbonyl (C=O) groups excluding carboxylic acids is 2. The summed E-state index contributed by atoms with van der Waals surface area (Å²) >= 11 is 1.50.